The van der Waals surface area contributed by atoms with Crippen molar-refractivity contribution in [1.82, 2.24) is 5.32 Å². The molecule has 0 spiro atoms. The molecule has 0 heterocycles. The van der Waals surface area contributed by atoms with Crippen LogP contribution in [0, 0.1) is 0 Å². The van der Waals surface area contributed by atoms with E-state index in [2.05, 4.69) is 18.3 Å². The molecule has 0 saturated carbocycles. The summed E-state index contributed by atoms with van der Waals surface area (Å²) in [7, 11) is 3.33. The number of rotatable bonds is 6. The lowest BCUT2D eigenvalue weighted by atomic mass is 10.1. The van der Waals surface area contributed by atoms with E-state index in [0.717, 1.165) is 22.6 Å². The Morgan fingerprint density at radius 2 is 1.67 bits per heavy atom. The van der Waals surface area contributed by atoms with Crippen LogP contribution in [0.5, 0.6) is 11.5 Å². The first-order valence-corrected chi connectivity index (χ1v) is 7.22. The van der Waals surface area contributed by atoms with Gasteiger partial charge >= 0.3 is 0 Å². The van der Waals surface area contributed by atoms with Crippen LogP contribution in [0.3, 0.4) is 0 Å². The molecule has 1 atom stereocenters. The SMILES string of the molecule is COc1ccccc1C(C)NCc1c(Cl)cccc1OC. The number of nitrogens with one attached hydrogen (secondary N) is 1. The zero-order valence-corrected chi connectivity index (χ0v) is 13.3. The van der Waals surface area contributed by atoms with Crippen molar-refractivity contribution in [3.05, 3.63) is 58.6 Å². The first-order chi connectivity index (χ1) is 10.2. The van der Waals surface area contributed by atoms with E-state index in [1.165, 1.54) is 0 Å². The second kappa shape index (κ2) is 7.34. The lowest BCUT2D eigenvalue weighted by Gasteiger charge is -2.18. The normalized spacial score (nSPS) is 12.0. The zero-order valence-electron chi connectivity index (χ0n) is 12.5. The molecule has 1 N–H and O–H groups in total. The van der Waals surface area contributed by atoms with E-state index in [-0.39, 0.29) is 6.04 Å². The highest BCUT2D eigenvalue weighted by atomic mass is 35.5. The highest BCUT2D eigenvalue weighted by molar-refractivity contribution is 6.31. The van der Waals surface area contributed by atoms with Crippen molar-refractivity contribution in [3.8, 4) is 11.5 Å². The van der Waals surface area contributed by atoms with E-state index in [0.29, 0.717) is 11.6 Å². The second-order valence-electron chi connectivity index (χ2n) is 4.77. The van der Waals surface area contributed by atoms with Gasteiger partial charge in [0, 0.05) is 28.7 Å². The minimum absolute atomic E-state index is 0.141. The molecule has 1 unspecified atom stereocenters. The summed E-state index contributed by atoms with van der Waals surface area (Å²) < 4.78 is 10.8. The maximum atomic E-state index is 6.25. The van der Waals surface area contributed by atoms with Crippen LogP contribution >= 0.6 is 11.6 Å². The second-order valence-corrected chi connectivity index (χ2v) is 5.17. The number of hydrogen-bond donors (Lipinski definition) is 1. The molecule has 0 amide bonds. The molecular formula is C17H20ClNO2. The molecule has 0 aliphatic heterocycles. The van der Waals surface area contributed by atoms with Crippen LogP contribution in [-0.4, -0.2) is 14.2 Å². The highest BCUT2D eigenvalue weighted by Gasteiger charge is 2.13. The molecule has 0 fully saturated rings. The van der Waals surface area contributed by atoms with E-state index < -0.39 is 0 Å². The predicted octanol–water partition coefficient (Wildman–Crippen LogP) is 4.21. The number of para-hydroxylation sites is 1. The molecule has 21 heavy (non-hydrogen) atoms. The fraction of sp³-hybridized carbons (Fsp3) is 0.294. The third-order valence-electron chi connectivity index (χ3n) is 3.49. The van der Waals surface area contributed by atoms with E-state index in [9.17, 15) is 0 Å². The molecule has 3 nitrogen and oxygen atoms in total. The van der Waals surface area contributed by atoms with Crippen molar-refractivity contribution < 1.29 is 9.47 Å². The maximum Gasteiger partial charge on any atom is 0.124 e. The van der Waals surface area contributed by atoms with Crippen molar-refractivity contribution in [3.63, 3.8) is 0 Å². The quantitative estimate of drug-likeness (QED) is 0.867. The van der Waals surface area contributed by atoms with E-state index in [1.807, 2.05) is 36.4 Å². The number of halogens is 1. The van der Waals surface area contributed by atoms with Crippen LogP contribution in [-0.2, 0) is 6.54 Å². The first-order valence-electron chi connectivity index (χ1n) is 6.85. The van der Waals surface area contributed by atoms with Gasteiger partial charge < -0.3 is 14.8 Å². The lowest BCUT2D eigenvalue weighted by Crippen LogP contribution is -2.19. The molecule has 2 aromatic carbocycles. The average Bonchev–Trinajstić information content (AvgIpc) is 2.53. The number of benzene rings is 2. The molecule has 0 aliphatic rings. The Bertz CT molecular complexity index is 601. The minimum Gasteiger partial charge on any atom is -0.496 e. The summed E-state index contributed by atoms with van der Waals surface area (Å²) in [5.41, 5.74) is 2.08. The first kappa shape index (κ1) is 15.7. The van der Waals surface area contributed by atoms with Gasteiger partial charge in [-0.25, -0.2) is 0 Å². The molecule has 2 aromatic rings. The minimum atomic E-state index is 0.141. The van der Waals surface area contributed by atoms with Crippen LogP contribution in [0.25, 0.3) is 0 Å². The van der Waals surface area contributed by atoms with Crippen LogP contribution in [0.4, 0.5) is 0 Å². The number of ether oxygens (including phenoxy) is 2. The molecule has 0 radical (unpaired) electrons. The summed E-state index contributed by atoms with van der Waals surface area (Å²) in [6, 6.07) is 13.8. The Balaban J connectivity index is 2.13. The van der Waals surface area contributed by atoms with Crippen molar-refractivity contribution in [2.45, 2.75) is 19.5 Å². The largest absolute Gasteiger partial charge is 0.496 e. The molecule has 0 bridgehead atoms. The van der Waals surface area contributed by atoms with Gasteiger partial charge in [0.2, 0.25) is 0 Å². The summed E-state index contributed by atoms with van der Waals surface area (Å²) in [5.74, 6) is 1.67. The lowest BCUT2D eigenvalue weighted by molar-refractivity contribution is 0.397. The summed E-state index contributed by atoms with van der Waals surface area (Å²) >= 11 is 6.25. The summed E-state index contributed by atoms with van der Waals surface area (Å²) in [6.07, 6.45) is 0. The molecule has 112 valence electrons. The fourth-order valence-electron chi connectivity index (χ4n) is 2.29. The molecule has 0 aromatic heterocycles. The van der Waals surface area contributed by atoms with Gasteiger partial charge in [-0.05, 0) is 25.1 Å². The van der Waals surface area contributed by atoms with Crippen molar-refractivity contribution >= 4 is 11.6 Å². The Morgan fingerprint density at radius 3 is 2.38 bits per heavy atom. The van der Waals surface area contributed by atoms with Gasteiger partial charge in [0.25, 0.3) is 0 Å². The monoisotopic (exact) mass is 305 g/mol. The molecule has 4 heteroatoms. The van der Waals surface area contributed by atoms with Gasteiger partial charge in [0.15, 0.2) is 0 Å². The third-order valence-corrected chi connectivity index (χ3v) is 3.84. The average molecular weight is 306 g/mol. The van der Waals surface area contributed by atoms with Crippen LogP contribution in [0.15, 0.2) is 42.5 Å². The summed E-state index contributed by atoms with van der Waals surface area (Å²) in [6.45, 7) is 2.73. The maximum absolute atomic E-state index is 6.25. The summed E-state index contributed by atoms with van der Waals surface area (Å²) in [5, 5.41) is 4.16. The van der Waals surface area contributed by atoms with Crippen LogP contribution < -0.4 is 14.8 Å². The number of methoxy groups -OCH3 is 2. The van der Waals surface area contributed by atoms with Gasteiger partial charge in [-0.1, -0.05) is 35.9 Å². The third kappa shape index (κ3) is 3.69. The standard InChI is InChI=1S/C17H20ClNO2/c1-12(13-7-4-5-9-16(13)20-2)19-11-14-15(18)8-6-10-17(14)21-3/h4-10,12,19H,11H2,1-3H3. The Morgan fingerprint density at radius 1 is 1.00 bits per heavy atom. The topological polar surface area (TPSA) is 30.5 Å². The zero-order chi connectivity index (χ0) is 15.2. The summed E-state index contributed by atoms with van der Waals surface area (Å²) in [4.78, 5) is 0. The molecule has 0 saturated heterocycles. The van der Waals surface area contributed by atoms with Gasteiger partial charge in [0.05, 0.1) is 14.2 Å². The number of hydrogen-bond acceptors (Lipinski definition) is 3. The van der Waals surface area contributed by atoms with Crippen molar-refractivity contribution in [1.29, 1.82) is 0 Å². The van der Waals surface area contributed by atoms with E-state index in [1.54, 1.807) is 14.2 Å². The Kier molecular flexibility index (Phi) is 5.48. The predicted molar refractivity (Wildman–Crippen MR) is 86.3 cm³/mol. The van der Waals surface area contributed by atoms with E-state index >= 15 is 0 Å². The molecular weight excluding hydrogens is 286 g/mol. The molecule has 0 aliphatic carbocycles. The smallest absolute Gasteiger partial charge is 0.124 e. The van der Waals surface area contributed by atoms with Crippen LogP contribution in [0.2, 0.25) is 5.02 Å². The van der Waals surface area contributed by atoms with Crippen molar-refractivity contribution in [2.24, 2.45) is 0 Å². The van der Waals surface area contributed by atoms with Gasteiger partial charge in [-0.2, -0.15) is 0 Å². The highest BCUT2D eigenvalue weighted by Crippen LogP contribution is 2.28. The van der Waals surface area contributed by atoms with Gasteiger partial charge in [-0.15, -0.1) is 0 Å². The van der Waals surface area contributed by atoms with Crippen molar-refractivity contribution in [2.75, 3.05) is 14.2 Å². The Labute approximate surface area is 130 Å². The van der Waals surface area contributed by atoms with E-state index in [4.69, 9.17) is 21.1 Å². The van der Waals surface area contributed by atoms with Gasteiger partial charge in [-0.3, -0.25) is 0 Å². The van der Waals surface area contributed by atoms with Crippen LogP contribution in [0.1, 0.15) is 24.1 Å². The fourth-order valence-corrected chi connectivity index (χ4v) is 2.52. The molecule has 2 rings (SSSR count). The Hall–Kier alpha value is -1.71. The van der Waals surface area contributed by atoms with Gasteiger partial charge in [0.1, 0.15) is 11.5 Å².